The van der Waals surface area contributed by atoms with Gasteiger partial charge >= 0.3 is 0 Å². The molecule has 1 nitrogen and oxygen atoms in total. The molecule has 6 aromatic carbocycles. The molecule has 0 aromatic heterocycles. The summed E-state index contributed by atoms with van der Waals surface area (Å²) >= 11 is 14.6. The van der Waals surface area contributed by atoms with Crippen LogP contribution in [0.1, 0.15) is 127 Å². The number of aryl methyl sites for hydroxylation is 4. The van der Waals surface area contributed by atoms with Crippen LogP contribution in [-0.2, 0) is 25.7 Å². The predicted molar refractivity (Wildman–Crippen MR) is 226 cm³/mol. The Hall–Kier alpha value is -3.26. The molecule has 6 rings (SSSR count). The summed E-state index contributed by atoms with van der Waals surface area (Å²) in [6.07, 6.45) is 18.1. The number of fused-ring (bicyclic) bond motifs is 4. The van der Waals surface area contributed by atoms with E-state index in [9.17, 15) is 0 Å². The quantitative estimate of drug-likeness (QED) is 0.0635. The van der Waals surface area contributed by atoms with Crippen LogP contribution in [0.25, 0.3) is 43.1 Å². The largest absolute Gasteiger partial charge is 0.453 e. The fourth-order valence-corrected chi connectivity index (χ4v) is 8.75. The summed E-state index contributed by atoms with van der Waals surface area (Å²) in [6, 6.07) is 26.7. The fraction of sp³-hybridized carbons (Fsp3) is 0.417. The van der Waals surface area contributed by atoms with Gasteiger partial charge in [-0.25, -0.2) is 0 Å². The molecule has 0 N–H and O–H groups in total. The molecule has 0 saturated carbocycles. The second kappa shape index (κ2) is 18.0. The molecule has 0 aliphatic rings. The van der Waals surface area contributed by atoms with Gasteiger partial charge in [0.25, 0.3) is 0 Å². The van der Waals surface area contributed by atoms with Crippen LogP contribution in [0.3, 0.4) is 0 Å². The lowest BCUT2D eigenvalue weighted by molar-refractivity contribution is 0.493. The van der Waals surface area contributed by atoms with Gasteiger partial charge in [0.05, 0.1) is 10.0 Å². The fourth-order valence-electron chi connectivity index (χ4n) is 8.36. The molecule has 0 unspecified atom stereocenters. The second-order valence-corrected chi connectivity index (χ2v) is 15.3. The van der Waals surface area contributed by atoms with E-state index in [0.717, 1.165) is 73.6 Å². The van der Waals surface area contributed by atoms with Crippen molar-refractivity contribution in [3.63, 3.8) is 0 Å². The van der Waals surface area contributed by atoms with Crippen LogP contribution < -0.4 is 4.74 Å². The Morgan fingerprint density at radius 3 is 1.02 bits per heavy atom. The Balaban J connectivity index is 1.66. The van der Waals surface area contributed by atoms with Gasteiger partial charge in [-0.2, -0.15) is 0 Å². The summed E-state index contributed by atoms with van der Waals surface area (Å²) in [5, 5.41) is 11.5. The van der Waals surface area contributed by atoms with E-state index in [1.807, 2.05) is 0 Å². The second-order valence-electron chi connectivity index (χ2n) is 14.5. The molecular weight excluding hydrogens is 663 g/mol. The molecule has 0 spiro atoms. The summed E-state index contributed by atoms with van der Waals surface area (Å²) in [5.74, 6) is 1.50. The van der Waals surface area contributed by atoms with Crippen LogP contribution in [-0.4, -0.2) is 0 Å². The zero-order chi connectivity index (χ0) is 35.7. The zero-order valence-electron chi connectivity index (χ0n) is 31.4. The lowest BCUT2D eigenvalue weighted by Crippen LogP contribution is -2.02. The first-order valence-electron chi connectivity index (χ1n) is 20.0. The lowest BCUT2D eigenvalue weighted by atomic mass is 9.86. The van der Waals surface area contributed by atoms with E-state index in [1.165, 1.54) is 106 Å². The summed E-state index contributed by atoms with van der Waals surface area (Å²) < 4.78 is 7.36. The Bertz CT molecular complexity index is 1960. The van der Waals surface area contributed by atoms with Gasteiger partial charge in [0.2, 0.25) is 0 Å². The van der Waals surface area contributed by atoms with Crippen molar-refractivity contribution < 1.29 is 4.74 Å². The number of unbranched alkanes of at least 4 members (excludes halogenated alkanes) is 8. The van der Waals surface area contributed by atoms with Gasteiger partial charge in [0.1, 0.15) is 0 Å². The van der Waals surface area contributed by atoms with Gasteiger partial charge in [-0.05, 0) is 118 Å². The van der Waals surface area contributed by atoms with Crippen molar-refractivity contribution in [3.05, 3.63) is 105 Å². The molecule has 0 aliphatic heterocycles. The Labute approximate surface area is 316 Å². The van der Waals surface area contributed by atoms with E-state index < -0.39 is 0 Å². The van der Waals surface area contributed by atoms with Crippen LogP contribution in [0.15, 0.2) is 72.8 Å². The first kappa shape index (κ1) is 37.5. The molecule has 0 amide bonds. The van der Waals surface area contributed by atoms with Gasteiger partial charge in [-0.1, -0.05) is 163 Å². The zero-order valence-corrected chi connectivity index (χ0v) is 32.9. The Morgan fingerprint density at radius 2 is 0.686 bits per heavy atom. The third kappa shape index (κ3) is 7.91. The van der Waals surface area contributed by atoms with Gasteiger partial charge in [-0.15, -0.1) is 0 Å². The maximum Gasteiger partial charge on any atom is 0.154 e. The van der Waals surface area contributed by atoms with E-state index in [1.54, 1.807) is 0 Å². The first-order valence-corrected chi connectivity index (χ1v) is 20.8. The highest BCUT2D eigenvalue weighted by Crippen LogP contribution is 2.49. The van der Waals surface area contributed by atoms with E-state index in [4.69, 9.17) is 27.9 Å². The number of hydrogen-bond acceptors (Lipinski definition) is 1. The maximum atomic E-state index is 7.36. The minimum absolute atomic E-state index is 0.638. The van der Waals surface area contributed by atoms with E-state index >= 15 is 0 Å². The average molecular weight is 720 g/mol. The molecule has 3 heteroatoms. The highest BCUT2D eigenvalue weighted by molar-refractivity contribution is 6.35. The molecule has 0 aliphatic carbocycles. The number of rotatable bonds is 18. The molecular formula is C48H56Cl2O. The number of ether oxygens (including phenoxy) is 1. The smallest absolute Gasteiger partial charge is 0.154 e. The Kier molecular flexibility index (Phi) is 13.2. The number of halogens is 2. The molecule has 0 atom stereocenters. The molecule has 0 fully saturated rings. The van der Waals surface area contributed by atoms with Crippen LogP contribution in [0.4, 0.5) is 0 Å². The molecule has 0 radical (unpaired) electrons. The van der Waals surface area contributed by atoms with E-state index in [2.05, 4.69) is 100 Å². The van der Waals surface area contributed by atoms with Gasteiger partial charge in [0, 0.05) is 10.8 Å². The van der Waals surface area contributed by atoms with Crippen LogP contribution in [0.5, 0.6) is 11.5 Å². The van der Waals surface area contributed by atoms with Gasteiger partial charge in [-0.3, -0.25) is 0 Å². The summed E-state index contributed by atoms with van der Waals surface area (Å²) in [4.78, 5) is 0. The molecule has 0 heterocycles. The number of hydrogen-bond donors (Lipinski definition) is 0. The van der Waals surface area contributed by atoms with Crippen molar-refractivity contribution in [2.75, 3.05) is 0 Å². The minimum atomic E-state index is 0.638. The van der Waals surface area contributed by atoms with Crippen molar-refractivity contribution in [2.24, 2.45) is 0 Å². The van der Waals surface area contributed by atoms with Crippen molar-refractivity contribution >= 4 is 66.3 Å². The van der Waals surface area contributed by atoms with Crippen LogP contribution in [0.2, 0.25) is 10.0 Å². The van der Waals surface area contributed by atoms with E-state index in [0.29, 0.717) is 10.0 Å². The SMILES string of the molecule is CCCCCc1c2ccccc2c(CCCCC)c2c(Oc3c(Cl)ccc4c(CCCCC)c5ccccc5c(CCCCC)c34)c(Cl)ccc12. The third-order valence-electron chi connectivity index (χ3n) is 11.0. The van der Waals surface area contributed by atoms with Gasteiger partial charge in [0.15, 0.2) is 11.5 Å². The van der Waals surface area contributed by atoms with Crippen LogP contribution >= 0.6 is 23.2 Å². The first-order chi connectivity index (χ1) is 25.0. The topological polar surface area (TPSA) is 9.23 Å². The minimum Gasteiger partial charge on any atom is -0.453 e. The molecule has 268 valence electrons. The highest BCUT2D eigenvalue weighted by atomic mass is 35.5. The predicted octanol–water partition coefficient (Wildman–Crippen LogP) is 16.3. The number of benzene rings is 6. The monoisotopic (exact) mass is 718 g/mol. The van der Waals surface area contributed by atoms with Crippen molar-refractivity contribution in [1.82, 2.24) is 0 Å². The average Bonchev–Trinajstić information content (AvgIpc) is 3.15. The summed E-state index contributed by atoms with van der Waals surface area (Å²) in [5.41, 5.74) is 5.50. The van der Waals surface area contributed by atoms with Crippen molar-refractivity contribution in [2.45, 2.75) is 130 Å². The third-order valence-corrected chi connectivity index (χ3v) is 11.5. The summed E-state index contributed by atoms with van der Waals surface area (Å²) in [7, 11) is 0. The standard InChI is InChI=1S/C48H56Cl2O/c1-5-9-13-21-37-33-23-17-19-25-35(33)39(27-15-11-7-3)45-41(37)29-31-43(49)47(45)51-48-44(50)32-30-42-38(22-14-10-6-2)34-24-18-20-26-36(34)40(46(42)48)28-16-12-8-4/h17-20,23-26,29-32H,5-16,21-22,27-28H2,1-4H3. The molecule has 0 bridgehead atoms. The maximum absolute atomic E-state index is 7.36. The Morgan fingerprint density at radius 1 is 0.373 bits per heavy atom. The van der Waals surface area contributed by atoms with Gasteiger partial charge < -0.3 is 4.74 Å². The highest BCUT2D eigenvalue weighted by Gasteiger charge is 2.24. The lowest BCUT2D eigenvalue weighted by Gasteiger charge is -2.23. The molecule has 0 saturated heterocycles. The molecule has 51 heavy (non-hydrogen) atoms. The van der Waals surface area contributed by atoms with Crippen LogP contribution in [0, 0.1) is 0 Å². The van der Waals surface area contributed by atoms with E-state index in [-0.39, 0.29) is 0 Å². The summed E-state index contributed by atoms with van der Waals surface area (Å²) in [6.45, 7) is 9.11. The van der Waals surface area contributed by atoms with Crippen molar-refractivity contribution in [3.8, 4) is 11.5 Å². The normalized spacial score (nSPS) is 11.8. The van der Waals surface area contributed by atoms with Crippen molar-refractivity contribution in [1.29, 1.82) is 0 Å². The molecule has 6 aromatic rings.